The predicted octanol–water partition coefficient (Wildman–Crippen LogP) is 4.28. The van der Waals surface area contributed by atoms with E-state index in [1.165, 1.54) is 10.4 Å². The van der Waals surface area contributed by atoms with Crippen molar-refractivity contribution >= 4 is 36.5 Å². The maximum Gasteiger partial charge on any atom is 0.283 e. The lowest BCUT2D eigenvalue weighted by atomic mass is 10.3. The van der Waals surface area contributed by atoms with Gasteiger partial charge in [-0.3, -0.25) is 0 Å². The Kier molecular flexibility index (Phi) is 8.45. The molecule has 2 atom stereocenters. The molecule has 0 saturated carbocycles. The van der Waals surface area contributed by atoms with Crippen molar-refractivity contribution in [3.05, 3.63) is 60.7 Å². The van der Waals surface area contributed by atoms with Gasteiger partial charge in [-0.2, -0.15) is 0 Å². The average molecular weight is 431 g/mol. The van der Waals surface area contributed by atoms with Gasteiger partial charge in [0.1, 0.15) is 0 Å². The van der Waals surface area contributed by atoms with Crippen molar-refractivity contribution in [1.29, 1.82) is 0 Å². The standard InChI is InChI=1S/C23H38O2Si3/c1-8-22(24-27(6)7)28(20-16-12-10-13-17-20,21-18-14-11-15-19-21)25-23(3,9-2)26(4)5/h10-19,22,26-27H,8-9H2,1-7H3. The molecule has 2 aromatic carbocycles. The van der Waals surface area contributed by atoms with E-state index < -0.39 is 26.2 Å². The van der Waals surface area contributed by atoms with E-state index in [0.29, 0.717) is 0 Å². The molecule has 0 saturated heterocycles. The Morgan fingerprint density at radius 2 is 1.32 bits per heavy atom. The molecule has 0 aliphatic rings. The maximum atomic E-state index is 7.46. The molecule has 0 N–H and O–H groups in total. The van der Waals surface area contributed by atoms with Gasteiger partial charge in [-0.25, -0.2) is 0 Å². The van der Waals surface area contributed by atoms with Crippen LogP contribution in [-0.4, -0.2) is 37.1 Å². The Morgan fingerprint density at radius 1 is 0.857 bits per heavy atom. The van der Waals surface area contributed by atoms with E-state index in [2.05, 4.69) is 108 Å². The molecule has 0 aliphatic heterocycles. The number of hydrogen-bond donors (Lipinski definition) is 0. The third kappa shape index (κ3) is 4.94. The van der Waals surface area contributed by atoms with Crippen LogP contribution < -0.4 is 10.4 Å². The zero-order valence-corrected chi connectivity index (χ0v) is 22.0. The molecule has 2 nitrogen and oxygen atoms in total. The normalized spacial score (nSPS) is 15.6. The van der Waals surface area contributed by atoms with Crippen molar-refractivity contribution in [2.75, 3.05) is 0 Å². The van der Waals surface area contributed by atoms with Gasteiger partial charge in [0, 0.05) is 5.22 Å². The first kappa shape index (κ1) is 23.3. The summed E-state index contributed by atoms with van der Waals surface area (Å²) in [5.41, 5.74) is 0.127. The molecule has 2 aromatic rings. The molecule has 0 heterocycles. The second-order valence-corrected chi connectivity index (χ2v) is 17.8. The van der Waals surface area contributed by atoms with Crippen LogP contribution in [0, 0.1) is 0 Å². The Labute approximate surface area is 176 Å². The molecule has 2 rings (SSSR count). The Balaban J connectivity index is 2.79. The van der Waals surface area contributed by atoms with Gasteiger partial charge in [-0.05, 0) is 43.2 Å². The molecule has 0 aromatic heterocycles. The highest BCUT2D eigenvalue weighted by Gasteiger charge is 2.51. The van der Waals surface area contributed by atoms with Gasteiger partial charge in [-0.1, -0.05) is 87.6 Å². The molecule has 154 valence electrons. The second-order valence-electron chi connectivity index (χ2n) is 8.47. The monoisotopic (exact) mass is 430 g/mol. The van der Waals surface area contributed by atoms with Crippen LogP contribution in [0.3, 0.4) is 0 Å². The van der Waals surface area contributed by atoms with Crippen LogP contribution >= 0.6 is 0 Å². The SMILES string of the molecule is CCC(O[SiH](C)C)[Si](OC(C)(CC)[SiH](C)C)(c1ccccc1)c1ccccc1. The fraction of sp³-hybridized carbons (Fsp3) is 0.478. The van der Waals surface area contributed by atoms with E-state index in [-0.39, 0.29) is 11.0 Å². The summed E-state index contributed by atoms with van der Waals surface area (Å²) in [6, 6.07) is 21.9. The predicted molar refractivity (Wildman–Crippen MR) is 131 cm³/mol. The molecular weight excluding hydrogens is 393 g/mol. The molecule has 2 unspecified atom stereocenters. The van der Waals surface area contributed by atoms with Crippen LogP contribution in [0.4, 0.5) is 0 Å². The first-order valence-electron chi connectivity index (χ1n) is 10.8. The molecule has 0 fully saturated rings. The molecule has 0 bridgehead atoms. The summed E-state index contributed by atoms with van der Waals surface area (Å²) < 4.78 is 14.2. The van der Waals surface area contributed by atoms with Crippen LogP contribution in [0.25, 0.3) is 0 Å². The van der Waals surface area contributed by atoms with Crippen LogP contribution in [0.5, 0.6) is 0 Å². The second kappa shape index (κ2) is 10.2. The number of rotatable bonds is 10. The van der Waals surface area contributed by atoms with Gasteiger partial charge in [0.15, 0.2) is 9.04 Å². The summed E-state index contributed by atoms with van der Waals surface area (Å²) >= 11 is 0. The van der Waals surface area contributed by atoms with Crippen molar-refractivity contribution < 1.29 is 8.85 Å². The minimum absolute atomic E-state index is 0.0623. The van der Waals surface area contributed by atoms with E-state index in [4.69, 9.17) is 8.85 Å². The van der Waals surface area contributed by atoms with Crippen LogP contribution in [0.15, 0.2) is 60.7 Å². The quantitative estimate of drug-likeness (QED) is 0.524. The van der Waals surface area contributed by atoms with E-state index >= 15 is 0 Å². The zero-order valence-electron chi connectivity index (χ0n) is 18.7. The van der Waals surface area contributed by atoms with Gasteiger partial charge >= 0.3 is 0 Å². The van der Waals surface area contributed by atoms with E-state index in [9.17, 15) is 0 Å². The number of hydrogen-bond acceptors (Lipinski definition) is 2. The third-order valence-electron chi connectivity index (χ3n) is 5.98. The third-order valence-corrected chi connectivity index (χ3v) is 15.0. The minimum Gasteiger partial charge on any atom is -0.417 e. The minimum atomic E-state index is -2.61. The van der Waals surface area contributed by atoms with Crippen molar-refractivity contribution in [1.82, 2.24) is 0 Å². The lowest BCUT2D eigenvalue weighted by molar-refractivity contribution is 0.132. The summed E-state index contributed by atoms with van der Waals surface area (Å²) in [7, 11) is -4.91. The van der Waals surface area contributed by atoms with Gasteiger partial charge in [0.2, 0.25) is 0 Å². The lowest BCUT2D eigenvalue weighted by Crippen LogP contribution is -2.73. The molecule has 0 amide bonds. The lowest BCUT2D eigenvalue weighted by Gasteiger charge is -2.47. The van der Waals surface area contributed by atoms with Crippen LogP contribution in [-0.2, 0) is 8.85 Å². The molecular formula is C23H38O2Si3. The van der Waals surface area contributed by atoms with Crippen molar-refractivity contribution in [2.24, 2.45) is 0 Å². The van der Waals surface area contributed by atoms with Crippen LogP contribution in [0.1, 0.15) is 33.6 Å². The maximum absolute atomic E-state index is 7.46. The highest BCUT2D eigenvalue weighted by molar-refractivity contribution is 6.99. The van der Waals surface area contributed by atoms with Gasteiger partial charge in [-0.15, -0.1) is 0 Å². The molecule has 5 heteroatoms. The highest BCUT2D eigenvalue weighted by Crippen LogP contribution is 2.29. The largest absolute Gasteiger partial charge is 0.417 e. The summed E-state index contributed by atoms with van der Waals surface area (Å²) in [5, 5.41) is 2.60. The summed E-state index contributed by atoms with van der Waals surface area (Å²) in [6.45, 7) is 16.3. The Hall–Kier alpha value is -0.989. The number of benzene rings is 2. The summed E-state index contributed by atoms with van der Waals surface area (Å²) in [4.78, 5) is 0. The topological polar surface area (TPSA) is 18.5 Å². The molecule has 0 radical (unpaired) electrons. The Bertz CT molecular complexity index is 667. The summed E-state index contributed by atoms with van der Waals surface area (Å²) in [5.74, 6) is 0. The van der Waals surface area contributed by atoms with Crippen molar-refractivity contribution in [3.8, 4) is 0 Å². The summed E-state index contributed by atoms with van der Waals surface area (Å²) in [6.07, 6.45) is 2.02. The first-order valence-corrected chi connectivity index (χ1v) is 18.4. The van der Waals surface area contributed by atoms with E-state index in [0.717, 1.165) is 12.8 Å². The molecule has 0 spiro atoms. The van der Waals surface area contributed by atoms with E-state index in [1.54, 1.807) is 0 Å². The van der Waals surface area contributed by atoms with Gasteiger partial charge in [0.05, 0.1) is 14.5 Å². The van der Waals surface area contributed by atoms with Gasteiger partial charge in [0.25, 0.3) is 8.32 Å². The smallest absolute Gasteiger partial charge is 0.283 e. The van der Waals surface area contributed by atoms with Crippen LogP contribution in [0.2, 0.25) is 26.2 Å². The fourth-order valence-corrected chi connectivity index (χ4v) is 12.9. The average Bonchev–Trinajstić information content (AvgIpc) is 2.71. The molecule has 28 heavy (non-hydrogen) atoms. The highest BCUT2D eigenvalue weighted by atomic mass is 28.4. The first-order chi connectivity index (χ1) is 13.3. The van der Waals surface area contributed by atoms with Crippen molar-refractivity contribution in [2.45, 2.75) is 70.8 Å². The van der Waals surface area contributed by atoms with Crippen molar-refractivity contribution in [3.63, 3.8) is 0 Å². The molecule has 0 aliphatic carbocycles. The zero-order chi connectivity index (χ0) is 20.8. The van der Waals surface area contributed by atoms with E-state index in [1.807, 2.05) is 0 Å². The Morgan fingerprint density at radius 3 is 1.64 bits per heavy atom. The van der Waals surface area contributed by atoms with Gasteiger partial charge < -0.3 is 8.85 Å². The fourth-order valence-electron chi connectivity index (χ4n) is 3.87.